The fourth-order valence-corrected chi connectivity index (χ4v) is 3.79. The van der Waals surface area contributed by atoms with Crippen LogP contribution in [0.1, 0.15) is 20.8 Å². The average molecular weight is 349 g/mol. The Labute approximate surface area is 155 Å². The van der Waals surface area contributed by atoms with Crippen LogP contribution in [0, 0.1) is 0 Å². The first-order valence-corrected chi connectivity index (χ1v) is 9.42. The van der Waals surface area contributed by atoms with Gasteiger partial charge in [0.15, 0.2) is 5.82 Å². The van der Waals surface area contributed by atoms with Crippen molar-refractivity contribution in [2.75, 3.05) is 34.8 Å². The second kappa shape index (κ2) is 6.90. The maximum absolute atomic E-state index is 4.66. The Balaban J connectivity index is 1.54. The molecule has 2 aromatic heterocycles. The van der Waals surface area contributed by atoms with E-state index in [0.29, 0.717) is 12.1 Å². The van der Waals surface area contributed by atoms with Gasteiger partial charge in [-0.1, -0.05) is 18.2 Å². The normalized spacial score (nSPS) is 17.9. The van der Waals surface area contributed by atoms with Gasteiger partial charge in [-0.2, -0.15) is 0 Å². The SMILES string of the molecule is CC(C)Nc1cccnc1N1CCN(c2cc3ccccc3[nH]2)C(C)C1. The van der Waals surface area contributed by atoms with Crippen LogP contribution in [-0.2, 0) is 0 Å². The van der Waals surface area contributed by atoms with Crippen LogP contribution < -0.4 is 15.1 Å². The molecular weight excluding hydrogens is 322 g/mol. The third kappa shape index (κ3) is 3.21. The van der Waals surface area contributed by atoms with Crippen molar-refractivity contribution in [2.45, 2.75) is 32.9 Å². The molecule has 0 aliphatic carbocycles. The number of aromatic amines is 1. The van der Waals surface area contributed by atoms with Crippen LogP contribution >= 0.6 is 0 Å². The molecule has 1 aliphatic heterocycles. The van der Waals surface area contributed by atoms with Gasteiger partial charge in [0, 0.05) is 48.8 Å². The molecular formula is C21H27N5. The highest BCUT2D eigenvalue weighted by molar-refractivity contribution is 5.84. The van der Waals surface area contributed by atoms with Crippen molar-refractivity contribution >= 4 is 28.2 Å². The molecule has 0 spiro atoms. The van der Waals surface area contributed by atoms with E-state index in [4.69, 9.17) is 0 Å². The van der Waals surface area contributed by atoms with Crippen LogP contribution in [-0.4, -0.2) is 41.7 Å². The van der Waals surface area contributed by atoms with Crippen molar-refractivity contribution in [3.8, 4) is 0 Å². The Hall–Kier alpha value is -2.69. The summed E-state index contributed by atoms with van der Waals surface area (Å²) in [7, 11) is 0. The number of hydrogen-bond donors (Lipinski definition) is 2. The van der Waals surface area contributed by atoms with E-state index in [2.05, 4.69) is 82.3 Å². The van der Waals surface area contributed by atoms with Gasteiger partial charge in [-0.05, 0) is 45.0 Å². The number of rotatable bonds is 4. The predicted molar refractivity (Wildman–Crippen MR) is 110 cm³/mol. The number of nitrogens with zero attached hydrogens (tertiary/aromatic N) is 3. The van der Waals surface area contributed by atoms with Gasteiger partial charge in [0.25, 0.3) is 0 Å². The van der Waals surface area contributed by atoms with E-state index in [-0.39, 0.29) is 0 Å². The lowest BCUT2D eigenvalue weighted by Gasteiger charge is -2.41. The zero-order valence-electron chi connectivity index (χ0n) is 15.7. The van der Waals surface area contributed by atoms with Gasteiger partial charge in [-0.15, -0.1) is 0 Å². The molecule has 4 rings (SSSR count). The van der Waals surface area contributed by atoms with Crippen molar-refractivity contribution in [3.05, 3.63) is 48.7 Å². The van der Waals surface area contributed by atoms with Crippen molar-refractivity contribution in [1.82, 2.24) is 9.97 Å². The first-order valence-electron chi connectivity index (χ1n) is 9.42. The highest BCUT2D eigenvalue weighted by Gasteiger charge is 2.27. The Morgan fingerprint density at radius 3 is 2.77 bits per heavy atom. The molecule has 1 aliphatic rings. The van der Waals surface area contributed by atoms with Gasteiger partial charge in [-0.25, -0.2) is 4.98 Å². The van der Waals surface area contributed by atoms with E-state index >= 15 is 0 Å². The van der Waals surface area contributed by atoms with E-state index in [1.165, 1.54) is 16.7 Å². The van der Waals surface area contributed by atoms with Gasteiger partial charge < -0.3 is 20.1 Å². The molecule has 26 heavy (non-hydrogen) atoms. The minimum Gasteiger partial charge on any atom is -0.380 e. The zero-order valence-corrected chi connectivity index (χ0v) is 15.7. The third-order valence-electron chi connectivity index (χ3n) is 4.98. The van der Waals surface area contributed by atoms with Crippen LogP contribution in [0.15, 0.2) is 48.7 Å². The summed E-state index contributed by atoms with van der Waals surface area (Å²) in [6.07, 6.45) is 1.88. The van der Waals surface area contributed by atoms with Gasteiger partial charge in [0.05, 0.1) is 5.69 Å². The minimum absolute atomic E-state index is 0.392. The van der Waals surface area contributed by atoms with Crippen molar-refractivity contribution in [3.63, 3.8) is 0 Å². The smallest absolute Gasteiger partial charge is 0.152 e. The molecule has 0 saturated carbocycles. The molecule has 1 saturated heterocycles. The van der Waals surface area contributed by atoms with E-state index in [1.54, 1.807) is 0 Å². The Morgan fingerprint density at radius 1 is 1.15 bits per heavy atom. The number of benzene rings is 1. The van der Waals surface area contributed by atoms with Gasteiger partial charge in [-0.3, -0.25) is 0 Å². The van der Waals surface area contributed by atoms with Gasteiger partial charge in [0.2, 0.25) is 0 Å². The maximum Gasteiger partial charge on any atom is 0.152 e. The number of H-pyrrole nitrogens is 1. The van der Waals surface area contributed by atoms with Crippen LogP contribution in [0.25, 0.3) is 10.9 Å². The Bertz CT molecular complexity index is 852. The number of pyridine rings is 1. The van der Waals surface area contributed by atoms with Gasteiger partial charge in [0.1, 0.15) is 5.82 Å². The number of para-hydroxylation sites is 1. The third-order valence-corrected chi connectivity index (χ3v) is 4.98. The summed E-state index contributed by atoms with van der Waals surface area (Å²) in [5.41, 5.74) is 2.32. The molecule has 2 N–H and O–H groups in total. The minimum atomic E-state index is 0.392. The quantitative estimate of drug-likeness (QED) is 0.744. The van der Waals surface area contributed by atoms with Crippen LogP contribution in [0.5, 0.6) is 0 Å². The van der Waals surface area contributed by atoms with Crippen LogP contribution in [0.4, 0.5) is 17.3 Å². The van der Waals surface area contributed by atoms with Crippen LogP contribution in [0.3, 0.4) is 0 Å². The highest BCUT2D eigenvalue weighted by atomic mass is 15.3. The van der Waals surface area contributed by atoms with E-state index in [0.717, 1.165) is 31.1 Å². The number of fused-ring (bicyclic) bond motifs is 1. The van der Waals surface area contributed by atoms with Crippen molar-refractivity contribution in [1.29, 1.82) is 0 Å². The average Bonchev–Trinajstić information content (AvgIpc) is 3.05. The highest BCUT2D eigenvalue weighted by Crippen LogP contribution is 2.29. The zero-order chi connectivity index (χ0) is 18.1. The molecule has 1 atom stereocenters. The standard InChI is InChI=1S/C21H27N5/c1-15(2)23-19-9-6-10-22-21(19)25-11-12-26(16(3)14-25)20-13-17-7-4-5-8-18(17)24-20/h4-10,13,15-16,23-24H,11-12,14H2,1-3H3. The lowest BCUT2D eigenvalue weighted by Crippen LogP contribution is -2.52. The summed E-state index contributed by atoms with van der Waals surface area (Å²) in [4.78, 5) is 13.1. The van der Waals surface area contributed by atoms with Crippen molar-refractivity contribution < 1.29 is 0 Å². The number of nitrogens with one attached hydrogen (secondary N) is 2. The summed E-state index contributed by atoms with van der Waals surface area (Å²) >= 11 is 0. The van der Waals surface area contributed by atoms with E-state index < -0.39 is 0 Å². The fraction of sp³-hybridized carbons (Fsp3) is 0.381. The second-order valence-electron chi connectivity index (χ2n) is 7.40. The predicted octanol–water partition coefficient (Wildman–Crippen LogP) is 4.10. The van der Waals surface area contributed by atoms with E-state index in [9.17, 15) is 0 Å². The molecule has 0 radical (unpaired) electrons. The molecule has 1 unspecified atom stereocenters. The summed E-state index contributed by atoms with van der Waals surface area (Å²) in [6.45, 7) is 9.50. The fourth-order valence-electron chi connectivity index (χ4n) is 3.79. The largest absolute Gasteiger partial charge is 0.380 e. The molecule has 5 nitrogen and oxygen atoms in total. The summed E-state index contributed by atoms with van der Waals surface area (Å²) in [5.74, 6) is 2.27. The monoisotopic (exact) mass is 349 g/mol. The first kappa shape index (κ1) is 16.8. The molecule has 3 heterocycles. The molecule has 5 heteroatoms. The molecule has 0 bridgehead atoms. The molecule has 3 aromatic rings. The molecule has 1 fully saturated rings. The summed E-state index contributed by atoms with van der Waals surface area (Å²) in [5, 5.41) is 4.79. The number of anilines is 3. The Kier molecular flexibility index (Phi) is 4.45. The number of aromatic nitrogens is 2. The molecule has 1 aromatic carbocycles. The van der Waals surface area contributed by atoms with Crippen LogP contribution in [0.2, 0.25) is 0 Å². The summed E-state index contributed by atoms with van der Waals surface area (Å²) in [6, 6.07) is 15.6. The maximum atomic E-state index is 4.66. The Morgan fingerprint density at radius 2 is 2.00 bits per heavy atom. The molecule has 0 amide bonds. The second-order valence-corrected chi connectivity index (χ2v) is 7.40. The lowest BCUT2D eigenvalue weighted by molar-refractivity contribution is 0.544. The van der Waals surface area contributed by atoms with E-state index in [1.807, 2.05) is 12.3 Å². The topological polar surface area (TPSA) is 47.2 Å². The van der Waals surface area contributed by atoms with Crippen molar-refractivity contribution in [2.24, 2.45) is 0 Å². The first-order chi connectivity index (χ1) is 12.6. The van der Waals surface area contributed by atoms with Gasteiger partial charge >= 0.3 is 0 Å². The summed E-state index contributed by atoms with van der Waals surface area (Å²) < 4.78 is 0. The number of piperazine rings is 1. The molecule has 136 valence electrons. The lowest BCUT2D eigenvalue weighted by atomic mass is 10.1. The number of hydrogen-bond acceptors (Lipinski definition) is 4.